The van der Waals surface area contributed by atoms with E-state index in [0.29, 0.717) is 12.3 Å². The average Bonchev–Trinajstić information content (AvgIpc) is 3.01. The highest BCUT2D eigenvalue weighted by atomic mass is 16.5. The first-order chi connectivity index (χ1) is 13.2. The summed E-state index contributed by atoms with van der Waals surface area (Å²) in [6.45, 7) is 0.324. The minimum absolute atomic E-state index is 0.0851. The van der Waals surface area contributed by atoms with Gasteiger partial charge in [-0.15, -0.1) is 0 Å². The molecule has 0 aliphatic carbocycles. The molecule has 2 N–H and O–H groups in total. The van der Waals surface area contributed by atoms with Crippen molar-refractivity contribution in [3.05, 3.63) is 77.5 Å². The molecule has 6 heteroatoms. The van der Waals surface area contributed by atoms with E-state index >= 15 is 0 Å². The van der Waals surface area contributed by atoms with E-state index in [9.17, 15) is 10.1 Å². The van der Waals surface area contributed by atoms with Gasteiger partial charge in [0.1, 0.15) is 17.5 Å². The summed E-state index contributed by atoms with van der Waals surface area (Å²) in [7, 11) is 0. The molecular formula is C21H20N4O2. The van der Waals surface area contributed by atoms with Crippen LogP contribution in [0.15, 0.2) is 60.7 Å². The maximum atomic E-state index is 12.1. The molecule has 0 unspecified atom stereocenters. The van der Waals surface area contributed by atoms with Crippen molar-refractivity contribution in [2.75, 3.05) is 12.3 Å². The van der Waals surface area contributed by atoms with Crippen molar-refractivity contribution in [3.8, 4) is 11.8 Å². The van der Waals surface area contributed by atoms with E-state index in [1.165, 1.54) is 10.2 Å². The average molecular weight is 360 g/mol. The molecule has 27 heavy (non-hydrogen) atoms. The Hall–Kier alpha value is -3.59. The zero-order chi connectivity index (χ0) is 19.1. The number of nitriles is 1. The van der Waals surface area contributed by atoms with E-state index in [2.05, 4.69) is 5.10 Å². The number of nitrogens with zero attached hydrogens (tertiary/aromatic N) is 3. The van der Waals surface area contributed by atoms with Crippen molar-refractivity contribution in [2.45, 2.75) is 19.3 Å². The van der Waals surface area contributed by atoms with Gasteiger partial charge >= 0.3 is 5.97 Å². The molecule has 0 spiro atoms. The topological polar surface area (TPSA) is 93.9 Å². The molecule has 1 heterocycles. The van der Waals surface area contributed by atoms with E-state index in [0.717, 1.165) is 18.5 Å². The molecule has 1 aromatic heterocycles. The molecule has 3 rings (SSSR count). The van der Waals surface area contributed by atoms with E-state index in [1.54, 1.807) is 0 Å². The van der Waals surface area contributed by atoms with Crippen molar-refractivity contribution < 1.29 is 9.53 Å². The summed E-state index contributed by atoms with van der Waals surface area (Å²) >= 11 is 0. The van der Waals surface area contributed by atoms with Crippen molar-refractivity contribution >= 4 is 11.8 Å². The first-order valence-electron chi connectivity index (χ1n) is 8.71. The normalized spacial score (nSPS) is 10.3. The molecule has 6 nitrogen and oxygen atoms in total. The van der Waals surface area contributed by atoms with Crippen molar-refractivity contribution in [3.63, 3.8) is 0 Å². The van der Waals surface area contributed by atoms with Gasteiger partial charge in [-0.05, 0) is 30.5 Å². The van der Waals surface area contributed by atoms with Gasteiger partial charge in [-0.2, -0.15) is 10.4 Å². The van der Waals surface area contributed by atoms with Gasteiger partial charge in [-0.3, -0.25) is 4.79 Å². The zero-order valence-electron chi connectivity index (χ0n) is 14.8. The van der Waals surface area contributed by atoms with Gasteiger partial charge < -0.3 is 10.5 Å². The fourth-order valence-corrected chi connectivity index (χ4v) is 2.78. The molecule has 0 fully saturated rings. The van der Waals surface area contributed by atoms with E-state index < -0.39 is 5.97 Å². The van der Waals surface area contributed by atoms with Crippen LogP contribution < -0.4 is 5.73 Å². The van der Waals surface area contributed by atoms with Gasteiger partial charge in [0.15, 0.2) is 0 Å². The van der Waals surface area contributed by atoms with Gasteiger partial charge in [0.2, 0.25) is 0 Å². The summed E-state index contributed by atoms with van der Waals surface area (Å²) in [5, 5.41) is 13.7. The van der Waals surface area contributed by atoms with Crippen LogP contribution >= 0.6 is 0 Å². The molecule has 2 aromatic carbocycles. The van der Waals surface area contributed by atoms with Crippen LogP contribution in [-0.4, -0.2) is 22.4 Å². The SMILES string of the molecule is N#Cc1c(CC(=O)OCCCc2ccccc2)nn(-c2ccccc2)c1N. The van der Waals surface area contributed by atoms with Crippen LogP contribution in [0.25, 0.3) is 5.69 Å². The number of hydrogen-bond acceptors (Lipinski definition) is 5. The molecule has 0 bridgehead atoms. The largest absolute Gasteiger partial charge is 0.465 e. The van der Waals surface area contributed by atoms with Crippen LogP contribution in [-0.2, 0) is 22.4 Å². The summed E-state index contributed by atoms with van der Waals surface area (Å²) in [6.07, 6.45) is 1.49. The molecule has 0 saturated carbocycles. The predicted molar refractivity (Wildman–Crippen MR) is 102 cm³/mol. The van der Waals surface area contributed by atoms with Crippen LogP contribution in [0, 0.1) is 11.3 Å². The number of rotatable bonds is 7. The Morgan fingerprint density at radius 3 is 2.44 bits per heavy atom. The Bertz CT molecular complexity index is 944. The van der Waals surface area contributed by atoms with Crippen LogP contribution in [0.3, 0.4) is 0 Å². The summed E-state index contributed by atoms with van der Waals surface area (Å²) in [5.41, 5.74) is 8.50. The van der Waals surface area contributed by atoms with Gasteiger partial charge in [0.05, 0.1) is 24.4 Å². The van der Waals surface area contributed by atoms with Gasteiger partial charge in [0, 0.05) is 0 Å². The number of benzene rings is 2. The lowest BCUT2D eigenvalue weighted by atomic mass is 10.1. The van der Waals surface area contributed by atoms with Gasteiger partial charge in [0.25, 0.3) is 0 Å². The highest BCUT2D eigenvalue weighted by molar-refractivity contribution is 5.74. The van der Waals surface area contributed by atoms with E-state index in [1.807, 2.05) is 66.7 Å². The third-order valence-electron chi connectivity index (χ3n) is 4.13. The van der Waals surface area contributed by atoms with E-state index in [4.69, 9.17) is 10.5 Å². The first-order valence-corrected chi connectivity index (χ1v) is 8.71. The lowest BCUT2D eigenvalue weighted by molar-refractivity contribution is -0.143. The van der Waals surface area contributed by atoms with Crippen LogP contribution in [0.2, 0.25) is 0 Å². The van der Waals surface area contributed by atoms with Crippen LogP contribution in [0.1, 0.15) is 23.2 Å². The molecule has 0 saturated heterocycles. The number of aromatic nitrogens is 2. The van der Waals surface area contributed by atoms with Gasteiger partial charge in [-0.25, -0.2) is 4.68 Å². The fraction of sp³-hybridized carbons (Fsp3) is 0.190. The van der Waals surface area contributed by atoms with Crippen molar-refractivity contribution in [2.24, 2.45) is 0 Å². The van der Waals surface area contributed by atoms with Crippen molar-refractivity contribution in [1.82, 2.24) is 9.78 Å². The number of nitrogen functional groups attached to an aromatic ring is 1. The number of hydrogen-bond donors (Lipinski definition) is 1. The number of ether oxygens (including phenoxy) is 1. The maximum Gasteiger partial charge on any atom is 0.311 e. The second-order valence-corrected chi connectivity index (χ2v) is 6.05. The molecule has 0 radical (unpaired) electrons. The summed E-state index contributed by atoms with van der Waals surface area (Å²) in [6, 6.07) is 21.3. The third-order valence-corrected chi connectivity index (χ3v) is 4.13. The lowest BCUT2D eigenvalue weighted by Gasteiger charge is -2.04. The molecule has 0 aliphatic heterocycles. The summed E-state index contributed by atoms with van der Waals surface area (Å²) < 4.78 is 6.75. The van der Waals surface area contributed by atoms with E-state index in [-0.39, 0.29) is 17.8 Å². The van der Waals surface area contributed by atoms with Crippen molar-refractivity contribution in [1.29, 1.82) is 5.26 Å². The molecule has 0 amide bonds. The Morgan fingerprint density at radius 2 is 1.78 bits per heavy atom. The molecule has 0 aliphatic rings. The second-order valence-electron chi connectivity index (χ2n) is 6.05. The molecule has 0 atom stereocenters. The number of carbonyl (C=O) groups is 1. The molecule has 3 aromatic rings. The monoisotopic (exact) mass is 360 g/mol. The lowest BCUT2D eigenvalue weighted by Crippen LogP contribution is -2.11. The number of para-hydroxylation sites is 1. The fourth-order valence-electron chi connectivity index (χ4n) is 2.78. The minimum Gasteiger partial charge on any atom is -0.465 e. The number of esters is 1. The third kappa shape index (κ3) is 4.53. The minimum atomic E-state index is -0.419. The highest BCUT2D eigenvalue weighted by Gasteiger charge is 2.19. The number of anilines is 1. The number of nitrogens with two attached hydrogens (primary N) is 1. The first kappa shape index (κ1) is 18.2. The Morgan fingerprint density at radius 1 is 1.11 bits per heavy atom. The molecular weight excluding hydrogens is 340 g/mol. The molecule has 136 valence electrons. The zero-order valence-corrected chi connectivity index (χ0v) is 14.8. The number of aryl methyl sites for hydroxylation is 1. The Kier molecular flexibility index (Phi) is 5.85. The predicted octanol–water partition coefficient (Wildman–Crippen LogP) is 3.04. The standard InChI is InChI=1S/C21H20N4O2/c22-15-18-19(24-25(21(18)23)17-11-5-2-6-12-17)14-20(26)27-13-7-10-16-8-3-1-4-9-16/h1-6,8-9,11-12H,7,10,13-14,23H2. The van der Waals surface area contributed by atoms with Crippen LogP contribution in [0.4, 0.5) is 5.82 Å². The smallest absolute Gasteiger partial charge is 0.311 e. The highest BCUT2D eigenvalue weighted by Crippen LogP contribution is 2.21. The number of carbonyl (C=O) groups excluding carboxylic acids is 1. The summed E-state index contributed by atoms with van der Waals surface area (Å²) in [5.74, 6) is -0.201. The van der Waals surface area contributed by atoms with Gasteiger partial charge in [-0.1, -0.05) is 48.5 Å². The van der Waals surface area contributed by atoms with Crippen LogP contribution in [0.5, 0.6) is 0 Å². The quantitative estimate of drug-likeness (QED) is 0.516. The maximum absolute atomic E-state index is 12.1. The Balaban J connectivity index is 1.60. The Labute approximate surface area is 157 Å². The second kappa shape index (κ2) is 8.68. The summed E-state index contributed by atoms with van der Waals surface area (Å²) in [4.78, 5) is 12.1.